The minimum absolute atomic E-state index is 0. The van der Waals surface area contributed by atoms with Gasteiger partial charge >= 0.3 is 0 Å². The van der Waals surface area contributed by atoms with Crippen LogP contribution in [0.15, 0.2) is 17.4 Å². The third-order valence-electron chi connectivity index (χ3n) is 4.37. The number of nitrogens with two attached hydrogens (primary N) is 1. The van der Waals surface area contributed by atoms with Gasteiger partial charge in [-0.2, -0.15) is 5.10 Å². The molecule has 1 aliphatic carbocycles. The second-order valence-corrected chi connectivity index (χ2v) is 6.49. The summed E-state index contributed by atoms with van der Waals surface area (Å²) >= 11 is 0. The van der Waals surface area contributed by atoms with Crippen molar-refractivity contribution in [1.29, 1.82) is 0 Å². The molecule has 1 fully saturated rings. The number of hydrogen-bond donors (Lipinski definition) is 2. The van der Waals surface area contributed by atoms with Crippen LogP contribution in [0.2, 0.25) is 0 Å². The zero-order valence-electron chi connectivity index (χ0n) is 14.5. The highest BCUT2D eigenvalue weighted by atomic mass is 127. The molecule has 23 heavy (non-hydrogen) atoms. The second kappa shape index (κ2) is 10.1. The first-order valence-electron chi connectivity index (χ1n) is 8.27. The minimum Gasteiger partial charge on any atom is -0.370 e. The van der Waals surface area contributed by atoms with Crippen LogP contribution in [-0.4, -0.2) is 47.3 Å². The topological polar surface area (TPSA) is 71.5 Å². The Hall–Kier alpha value is -0.830. The molecule has 0 aliphatic heterocycles. The number of nitrogens with one attached hydrogen (secondary N) is 1. The molecule has 0 radical (unpaired) electrons. The Labute approximate surface area is 156 Å². The van der Waals surface area contributed by atoms with E-state index in [1.54, 1.807) is 0 Å². The molecule has 0 bridgehead atoms. The molecule has 2 rings (SSSR count). The summed E-state index contributed by atoms with van der Waals surface area (Å²) in [7, 11) is 6.05. The molecule has 1 unspecified atom stereocenters. The molecule has 1 heterocycles. The van der Waals surface area contributed by atoms with Gasteiger partial charge in [0, 0.05) is 24.8 Å². The van der Waals surface area contributed by atoms with Crippen molar-refractivity contribution in [3.63, 3.8) is 0 Å². The van der Waals surface area contributed by atoms with Gasteiger partial charge in [0.1, 0.15) is 0 Å². The SMILES string of the molecule is CN(C)C(CN=C(N)NC1CCCCCC1)c1cnn(C)c1.I. The van der Waals surface area contributed by atoms with Gasteiger partial charge in [0.15, 0.2) is 5.96 Å². The van der Waals surface area contributed by atoms with Gasteiger partial charge in [-0.25, -0.2) is 0 Å². The Morgan fingerprint density at radius 3 is 2.57 bits per heavy atom. The fourth-order valence-electron chi connectivity index (χ4n) is 3.04. The number of nitrogens with zero attached hydrogens (tertiary/aromatic N) is 4. The van der Waals surface area contributed by atoms with Gasteiger partial charge in [-0.05, 0) is 26.9 Å². The molecule has 3 N–H and O–H groups in total. The van der Waals surface area contributed by atoms with Crippen LogP contribution in [0.5, 0.6) is 0 Å². The summed E-state index contributed by atoms with van der Waals surface area (Å²) in [5.74, 6) is 0.572. The summed E-state index contributed by atoms with van der Waals surface area (Å²) in [5.41, 5.74) is 7.25. The Kier molecular flexibility index (Phi) is 8.90. The third kappa shape index (κ3) is 6.66. The molecule has 1 atom stereocenters. The van der Waals surface area contributed by atoms with E-state index in [0.717, 1.165) is 0 Å². The van der Waals surface area contributed by atoms with Crippen LogP contribution in [0, 0.1) is 0 Å². The van der Waals surface area contributed by atoms with Gasteiger partial charge in [0.25, 0.3) is 0 Å². The lowest BCUT2D eigenvalue weighted by Gasteiger charge is -2.22. The van der Waals surface area contributed by atoms with E-state index < -0.39 is 0 Å². The second-order valence-electron chi connectivity index (χ2n) is 6.49. The van der Waals surface area contributed by atoms with Crippen LogP contribution in [-0.2, 0) is 7.05 Å². The highest BCUT2D eigenvalue weighted by Crippen LogP contribution is 2.18. The normalized spacial score (nSPS) is 18.3. The van der Waals surface area contributed by atoms with E-state index >= 15 is 0 Å². The van der Waals surface area contributed by atoms with Crippen LogP contribution in [0.4, 0.5) is 0 Å². The fourth-order valence-corrected chi connectivity index (χ4v) is 3.04. The van der Waals surface area contributed by atoms with Crippen molar-refractivity contribution >= 4 is 29.9 Å². The summed E-state index contributed by atoms with van der Waals surface area (Å²) in [4.78, 5) is 6.71. The molecule has 132 valence electrons. The van der Waals surface area contributed by atoms with E-state index in [1.165, 1.54) is 44.1 Å². The maximum Gasteiger partial charge on any atom is 0.188 e. The first-order chi connectivity index (χ1) is 10.6. The number of rotatable bonds is 5. The van der Waals surface area contributed by atoms with Crippen LogP contribution >= 0.6 is 24.0 Å². The number of hydrogen-bond acceptors (Lipinski definition) is 3. The van der Waals surface area contributed by atoms with Gasteiger partial charge in [-0.1, -0.05) is 25.7 Å². The van der Waals surface area contributed by atoms with Crippen molar-refractivity contribution in [2.75, 3.05) is 20.6 Å². The molecule has 6 nitrogen and oxygen atoms in total. The Morgan fingerprint density at radius 2 is 2.04 bits per heavy atom. The van der Waals surface area contributed by atoms with Crippen molar-refractivity contribution in [2.24, 2.45) is 17.8 Å². The van der Waals surface area contributed by atoms with E-state index in [1.807, 2.05) is 24.1 Å². The maximum absolute atomic E-state index is 6.09. The van der Waals surface area contributed by atoms with Crippen molar-refractivity contribution in [2.45, 2.75) is 50.6 Å². The lowest BCUT2D eigenvalue weighted by atomic mass is 10.1. The number of aryl methyl sites for hydroxylation is 1. The minimum atomic E-state index is 0. The monoisotopic (exact) mass is 434 g/mol. The van der Waals surface area contributed by atoms with Crippen LogP contribution in [0.3, 0.4) is 0 Å². The van der Waals surface area contributed by atoms with E-state index in [-0.39, 0.29) is 30.0 Å². The lowest BCUT2D eigenvalue weighted by molar-refractivity contribution is 0.306. The summed E-state index contributed by atoms with van der Waals surface area (Å²) in [6, 6.07) is 0.686. The Morgan fingerprint density at radius 1 is 1.39 bits per heavy atom. The number of guanidine groups is 1. The van der Waals surface area contributed by atoms with Gasteiger partial charge in [-0.15, -0.1) is 24.0 Å². The predicted octanol–water partition coefficient (Wildman–Crippen LogP) is 2.27. The van der Waals surface area contributed by atoms with Crippen molar-refractivity contribution in [1.82, 2.24) is 20.0 Å². The zero-order valence-corrected chi connectivity index (χ0v) is 16.9. The van der Waals surface area contributed by atoms with Crippen LogP contribution in [0.25, 0.3) is 0 Å². The Balaban J connectivity index is 0.00000264. The summed E-state index contributed by atoms with van der Waals surface area (Å²) in [6.45, 7) is 0.643. The van der Waals surface area contributed by atoms with Crippen molar-refractivity contribution < 1.29 is 0 Å². The van der Waals surface area contributed by atoms with Crippen LogP contribution < -0.4 is 11.1 Å². The highest BCUT2D eigenvalue weighted by Gasteiger charge is 2.16. The molecule has 1 aromatic heterocycles. The van der Waals surface area contributed by atoms with E-state index in [4.69, 9.17) is 5.73 Å². The predicted molar refractivity (Wildman–Crippen MR) is 106 cm³/mol. The molecular weight excluding hydrogens is 403 g/mol. The largest absolute Gasteiger partial charge is 0.370 e. The van der Waals surface area contributed by atoms with E-state index in [9.17, 15) is 0 Å². The number of aliphatic imine (C=N–C) groups is 1. The zero-order chi connectivity index (χ0) is 15.9. The van der Waals surface area contributed by atoms with Crippen molar-refractivity contribution in [3.05, 3.63) is 18.0 Å². The van der Waals surface area contributed by atoms with Crippen LogP contribution in [0.1, 0.15) is 50.1 Å². The molecule has 7 heteroatoms. The average molecular weight is 434 g/mol. The molecular formula is C16H31IN6. The fraction of sp³-hybridized carbons (Fsp3) is 0.750. The summed E-state index contributed by atoms with van der Waals surface area (Å²) in [6.07, 6.45) is 11.6. The number of halogens is 1. The molecule has 1 aromatic rings. The van der Waals surface area contributed by atoms with Gasteiger partial charge in [0.05, 0.1) is 18.8 Å². The molecule has 1 aliphatic rings. The lowest BCUT2D eigenvalue weighted by Crippen LogP contribution is -2.40. The number of likely N-dealkylation sites (N-methyl/N-ethyl adjacent to an activating group) is 1. The molecule has 0 amide bonds. The standard InChI is InChI=1S/C16H30N6.HI/c1-21(2)15(13-10-19-22(3)12-13)11-18-16(17)20-14-8-6-4-5-7-9-14;/h10,12,14-15H,4-9,11H2,1-3H3,(H3,17,18,20);1H. The average Bonchev–Trinajstić information content (AvgIpc) is 2.73. The molecule has 0 spiro atoms. The van der Waals surface area contributed by atoms with Gasteiger partial charge in [0.2, 0.25) is 0 Å². The quantitative estimate of drug-likeness (QED) is 0.323. The van der Waals surface area contributed by atoms with Gasteiger partial charge < -0.3 is 16.0 Å². The molecule has 0 aromatic carbocycles. The number of aromatic nitrogens is 2. The summed E-state index contributed by atoms with van der Waals surface area (Å²) < 4.78 is 1.82. The van der Waals surface area contributed by atoms with E-state index in [0.29, 0.717) is 18.5 Å². The van der Waals surface area contributed by atoms with Crippen molar-refractivity contribution in [3.8, 4) is 0 Å². The smallest absolute Gasteiger partial charge is 0.188 e. The maximum atomic E-state index is 6.09. The first kappa shape index (κ1) is 20.2. The molecule has 0 saturated heterocycles. The first-order valence-corrected chi connectivity index (χ1v) is 8.27. The summed E-state index contributed by atoms with van der Waals surface area (Å²) in [5, 5.41) is 7.64. The van der Waals surface area contributed by atoms with Gasteiger partial charge in [-0.3, -0.25) is 9.67 Å². The molecule has 1 saturated carbocycles. The van der Waals surface area contributed by atoms with E-state index in [2.05, 4.69) is 34.4 Å². The Bertz CT molecular complexity index is 477. The third-order valence-corrected chi connectivity index (χ3v) is 4.37. The highest BCUT2D eigenvalue weighted by molar-refractivity contribution is 14.0.